The molecule has 2 saturated heterocycles. The van der Waals surface area contributed by atoms with Gasteiger partial charge in [0.05, 0.1) is 6.54 Å². The number of hydrogen-bond donors (Lipinski definition) is 2. The zero-order valence-electron chi connectivity index (χ0n) is 16.0. The first kappa shape index (κ1) is 21.7. The van der Waals surface area contributed by atoms with Gasteiger partial charge in [-0.05, 0) is 62.6 Å². The minimum absolute atomic E-state index is 0. The lowest BCUT2D eigenvalue weighted by atomic mass is 9.90. The fourth-order valence-corrected chi connectivity index (χ4v) is 4.00. The summed E-state index contributed by atoms with van der Waals surface area (Å²) in [6.07, 6.45) is 5.78. The van der Waals surface area contributed by atoms with E-state index in [4.69, 9.17) is 0 Å². The van der Waals surface area contributed by atoms with Crippen molar-refractivity contribution in [3.05, 3.63) is 35.9 Å². The number of carbonyl (C=O) groups excluding carboxylic acids is 2. The Morgan fingerprint density at radius 1 is 1.07 bits per heavy atom. The number of nitrogens with zero attached hydrogens (tertiary/aromatic N) is 1. The Morgan fingerprint density at radius 2 is 1.81 bits per heavy atom. The predicted molar refractivity (Wildman–Crippen MR) is 110 cm³/mol. The summed E-state index contributed by atoms with van der Waals surface area (Å²) in [4.78, 5) is 26.2. The molecule has 1 aromatic rings. The summed E-state index contributed by atoms with van der Waals surface area (Å²) in [5.41, 5.74) is 1.38. The molecule has 0 aromatic heterocycles. The van der Waals surface area contributed by atoms with Gasteiger partial charge in [-0.1, -0.05) is 30.3 Å². The first-order chi connectivity index (χ1) is 12.7. The molecule has 1 atom stereocenters. The van der Waals surface area contributed by atoms with E-state index in [1.165, 1.54) is 5.56 Å². The number of rotatable bonds is 7. The number of piperidine rings is 1. The second-order valence-corrected chi connectivity index (χ2v) is 7.69. The molecule has 6 heteroatoms. The van der Waals surface area contributed by atoms with Gasteiger partial charge in [0.1, 0.15) is 0 Å². The van der Waals surface area contributed by atoms with Crippen LogP contribution in [0.3, 0.4) is 0 Å². The van der Waals surface area contributed by atoms with E-state index in [1.54, 1.807) is 0 Å². The molecule has 2 heterocycles. The lowest BCUT2D eigenvalue weighted by Gasteiger charge is -2.32. The number of halogens is 1. The number of nitrogens with one attached hydrogen (secondary N) is 2. The highest BCUT2D eigenvalue weighted by Gasteiger charge is 2.23. The minimum atomic E-state index is 0. The molecule has 1 unspecified atom stereocenters. The van der Waals surface area contributed by atoms with Crippen molar-refractivity contribution in [2.45, 2.75) is 38.5 Å². The number of amides is 2. The summed E-state index contributed by atoms with van der Waals surface area (Å²) in [5, 5.41) is 6.12. The molecule has 2 fully saturated rings. The zero-order valence-corrected chi connectivity index (χ0v) is 16.8. The van der Waals surface area contributed by atoms with Gasteiger partial charge >= 0.3 is 0 Å². The van der Waals surface area contributed by atoms with Gasteiger partial charge in [0.25, 0.3) is 0 Å². The molecule has 2 aliphatic heterocycles. The first-order valence-electron chi connectivity index (χ1n) is 10.00. The highest BCUT2D eigenvalue weighted by molar-refractivity contribution is 5.85. The molecule has 27 heavy (non-hydrogen) atoms. The molecule has 150 valence electrons. The van der Waals surface area contributed by atoms with Crippen molar-refractivity contribution in [3.63, 3.8) is 0 Å². The molecule has 0 bridgehead atoms. The van der Waals surface area contributed by atoms with E-state index in [9.17, 15) is 9.59 Å². The fourth-order valence-electron chi connectivity index (χ4n) is 4.00. The standard InChI is InChI=1S/C21H31N3O2.ClH/c25-20(7-6-19-8-11-22-15-19)23-16-21(26)24-12-9-18(10-13-24)14-17-4-2-1-3-5-17;/h1-5,18-19,22H,6-16H2,(H,23,25);1H. The number of carbonyl (C=O) groups is 2. The van der Waals surface area contributed by atoms with Gasteiger partial charge < -0.3 is 15.5 Å². The van der Waals surface area contributed by atoms with Gasteiger partial charge in [0.15, 0.2) is 0 Å². The predicted octanol–water partition coefficient (Wildman–Crippen LogP) is 2.40. The normalized spacial score (nSPS) is 20.1. The Balaban J connectivity index is 0.00000261. The average Bonchev–Trinajstić information content (AvgIpc) is 3.19. The van der Waals surface area contributed by atoms with Crippen LogP contribution < -0.4 is 10.6 Å². The van der Waals surface area contributed by atoms with Crippen molar-refractivity contribution < 1.29 is 9.59 Å². The molecule has 5 nitrogen and oxygen atoms in total. The number of hydrogen-bond acceptors (Lipinski definition) is 3. The van der Waals surface area contributed by atoms with Crippen molar-refractivity contribution in [1.82, 2.24) is 15.5 Å². The maximum absolute atomic E-state index is 12.3. The van der Waals surface area contributed by atoms with Gasteiger partial charge in [0.2, 0.25) is 11.8 Å². The molecular weight excluding hydrogens is 362 g/mol. The molecule has 2 N–H and O–H groups in total. The molecule has 2 aliphatic rings. The van der Waals surface area contributed by atoms with Crippen LogP contribution in [0.15, 0.2) is 30.3 Å². The van der Waals surface area contributed by atoms with E-state index in [-0.39, 0.29) is 30.8 Å². The van der Waals surface area contributed by atoms with E-state index >= 15 is 0 Å². The summed E-state index contributed by atoms with van der Waals surface area (Å²) in [5.74, 6) is 1.32. The van der Waals surface area contributed by atoms with Crippen molar-refractivity contribution >= 4 is 24.2 Å². The van der Waals surface area contributed by atoms with Crippen molar-refractivity contribution in [2.75, 3.05) is 32.7 Å². The Labute approximate surface area is 168 Å². The van der Waals surface area contributed by atoms with Crippen LogP contribution in [0.25, 0.3) is 0 Å². The third-order valence-corrected chi connectivity index (χ3v) is 5.71. The summed E-state index contributed by atoms with van der Waals surface area (Å²) in [7, 11) is 0. The van der Waals surface area contributed by atoms with Gasteiger partial charge in [-0.3, -0.25) is 9.59 Å². The van der Waals surface area contributed by atoms with Crippen molar-refractivity contribution in [3.8, 4) is 0 Å². The van der Waals surface area contributed by atoms with Crippen LogP contribution in [0.5, 0.6) is 0 Å². The topological polar surface area (TPSA) is 61.4 Å². The number of likely N-dealkylation sites (tertiary alicyclic amines) is 1. The Kier molecular flexibility index (Phi) is 9.08. The quantitative estimate of drug-likeness (QED) is 0.747. The Morgan fingerprint density at radius 3 is 2.48 bits per heavy atom. The average molecular weight is 394 g/mol. The van der Waals surface area contributed by atoms with Crippen molar-refractivity contribution in [2.24, 2.45) is 11.8 Å². The second-order valence-electron chi connectivity index (χ2n) is 7.69. The molecule has 0 spiro atoms. The summed E-state index contributed by atoms with van der Waals surface area (Å²) < 4.78 is 0. The van der Waals surface area contributed by atoms with E-state index < -0.39 is 0 Å². The molecule has 0 saturated carbocycles. The van der Waals surface area contributed by atoms with Gasteiger partial charge in [0, 0.05) is 19.5 Å². The molecule has 3 rings (SSSR count). The zero-order chi connectivity index (χ0) is 18.2. The summed E-state index contributed by atoms with van der Waals surface area (Å²) in [6.45, 7) is 3.83. The van der Waals surface area contributed by atoms with E-state index in [2.05, 4.69) is 34.9 Å². The summed E-state index contributed by atoms with van der Waals surface area (Å²) >= 11 is 0. The lowest BCUT2D eigenvalue weighted by Crippen LogP contribution is -2.44. The van der Waals surface area contributed by atoms with Crippen LogP contribution in [0.1, 0.15) is 37.7 Å². The van der Waals surface area contributed by atoms with E-state index in [0.717, 1.165) is 58.3 Å². The molecule has 0 aliphatic carbocycles. The van der Waals surface area contributed by atoms with Gasteiger partial charge in [-0.25, -0.2) is 0 Å². The molecular formula is C21H32ClN3O2. The monoisotopic (exact) mass is 393 g/mol. The largest absolute Gasteiger partial charge is 0.347 e. The SMILES string of the molecule is Cl.O=C(CCC1CCNC1)NCC(=O)N1CCC(Cc2ccccc2)CC1. The van der Waals surface area contributed by atoms with Gasteiger partial charge in [-0.15, -0.1) is 12.4 Å². The maximum atomic E-state index is 12.3. The van der Waals surface area contributed by atoms with Crippen LogP contribution in [-0.2, 0) is 16.0 Å². The fraction of sp³-hybridized carbons (Fsp3) is 0.619. The minimum Gasteiger partial charge on any atom is -0.347 e. The number of benzene rings is 1. The Bertz CT molecular complexity index is 582. The highest BCUT2D eigenvalue weighted by atomic mass is 35.5. The van der Waals surface area contributed by atoms with E-state index in [0.29, 0.717) is 18.3 Å². The second kappa shape index (κ2) is 11.3. The van der Waals surface area contributed by atoms with E-state index in [1.807, 2.05) is 11.0 Å². The smallest absolute Gasteiger partial charge is 0.241 e. The molecule has 0 radical (unpaired) electrons. The van der Waals surface area contributed by atoms with Crippen LogP contribution in [0.2, 0.25) is 0 Å². The third kappa shape index (κ3) is 7.15. The van der Waals surface area contributed by atoms with Crippen LogP contribution in [-0.4, -0.2) is 49.4 Å². The third-order valence-electron chi connectivity index (χ3n) is 5.71. The highest BCUT2D eigenvalue weighted by Crippen LogP contribution is 2.21. The van der Waals surface area contributed by atoms with Crippen LogP contribution in [0.4, 0.5) is 0 Å². The lowest BCUT2D eigenvalue weighted by molar-refractivity contribution is -0.134. The molecule has 1 aromatic carbocycles. The first-order valence-corrected chi connectivity index (χ1v) is 10.00. The van der Waals surface area contributed by atoms with Crippen LogP contribution >= 0.6 is 12.4 Å². The summed E-state index contributed by atoms with van der Waals surface area (Å²) in [6, 6.07) is 10.6. The molecule has 2 amide bonds. The van der Waals surface area contributed by atoms with Gasteiger partial charge in [-0.2, -0.15) is 0 Å². The Hall–Kier alpha value is -1.59. The maximum Gasteiger partial charge on any atom is 0.241 e. The van der Waals surface area contributed by atoms with Crippen LogP contribution in [0, 0.1) is 11.8 Å². The van der Waals surface area contributed by atoms with Crippen molar-refractivity contribution in [1.29, 1.82) is 0 Å².